The van der Waals surface area contributed by atoms with E-state index in [4.69, 9.17) is 23.2 Å². The topological polar surface area (TPSA) is 102 Å². The Balaban J connectivity index is 1.58. The molecule has 0 aliphatic rings. The van der Waals surface area contributed by atoms with Gasteiger partial charge in [0.15, 0.2) is 16.1 Å². The number of hydrogen-bond acceptors (Lipinski definition) is 7. The number of halogens is 2. The van der Waals surface area contributed by atoms with Crippen LogP contribution in [0.25, 0.3) is 0 Å². The van der Waals surface area contributed by atoms with Crippen LogP contribution in [0.4, 0.5) is 5.13 Å². The number of thioether (sulfide) groups is 1. The summed E-state index contributed by atoms with van der Waals surface area (Å²) < 4.78 is 1.74. The number of carbonyl (C=O) groups is 2. The van der Waals surface area contributed by atoms with Gasteiger partial charge in [0.2, 0.25) is 5.91 Å². The zero-order chi connectivity index (χ0) is 21.8. The molecule has 8 nitrogen and oxygen atoms in total. The van der Waals surface area contributed by atoms with Gasteiger partial charge in [0, 0.05) is 18.0 Å². The molecule has 158 valence electrons. The number of aromatic nitrogens is 4. The van der Waals surface area contributed by atoms with E-state index in [1.54, 1.807) is 30.7 Å². The van der Waals surface area contributed by atoms with E-state index in [-0.39, 0.29) is 17.6 Å². The Morgan fingerprint density at radius 3 is 2.70 bits per heavy atom. The molecular formula is C18H18Cl2N6O2S2. The molecule has 0 aliphatic carbocycles. The van der Waals surface area contributed by atoms with Crippen molar-refractivity contribution in [3.05, 3.63) is 50.7 Å². The number of anilines is 1. The largest absolute Gasteiger partial charge is 0.342 e. The van der Waals surface area contributed by atoms with Crippen LogP contribution in [0.3, 0.4) is 0 Å². The molecule has 0 radical (unpaired) electrons. The van der Waals surface area contributed by atoms with Crippen LogP contribution in [0, 0.1) is 6.92 Å². The fourth-order valence-corrected chi connectivity index (χ4v) is 4.23. The Labute approximate surface area is 191 Å². The molecule has 0 bridgehead atoms. The van der Waals surface area contributed by atoms with E-state index in [2.05, 4.69) is 25.8 Å². The van der Waals surface area contributed by atoms with Gasteiger partial charge in [-0.25, -0.2) is 4.98 Å². The third-order valence-electron chi connectivity index (χ3n) is 3.98. The van der Waals surface area contributed by atoms with Crippen LogP contribution in [0.5, 0.6) is 0 Å². The van der Waals surface area contributed by atoms with Crippen LogP contribution >= 0.6 is 46.3 Å². The fraction of sp³-hybridized carbons (Fsp3) is 0.278. The van der Waals surface area contributed by atoms with Crippen molar-refractivity contribution in [1.29, 1.82) is 0 Å². The van der Waals surface area contributed by atoms with Crippen molar-refractivity contribution in [3.63, 3.8) is 0 Å². The van der Waals surface area contributed by atoms with E-state index in [0.717, 1.165) is 5.69 Å². The van der Waals surface area contributed by atoms with Gasteiger partial charge in [-0.2, -0.15) is 0 Å². The van der Waals surface area contributed by atoms with Crippen molar-refractivity contribution in [2.24, 2.45) is 7.05 Å². The van der Waals surface area contributed by atoms with Crippen molar-refractivity contribution in [2.75, 3.05) is 11.1 Å². The van der Waals surface area contributed by atoms with Gasteiger partial charge in [-0.3, -0.25) is 9.59 Å². The molecule has 0 aliphatic heterocycles. The molecule has 3 rings (SSSR count). The molecule has 0 saturated heterocycles. The lowest BCUT2D eigenvalue weighted by Gasteiger charge is -2.14. The molecule has 3 aromatic rings. The normalized spacial score (nSPS) is 11.9. The van der Waals surface area contributed by atoms with Crippen LogP contribution < -0.4 is 10.6 Å². The first-order valence-corrected chi connectivity index (χ1v) is 11.4. The Morgan fingerprint density at radius 1 is 1.27 bits per heavy atom. The fourth-order valence-electron chi connectivity index (χ4n) is 2.51. The van der Waals surface area contributed by atoms with E-state index in [1.807, 2.05) is 12.3 Å². The van der Waals surface area contributed by atoms with Crippen LogP contribution in [-0.4, -0.2) is 37.3 Å². The quantitative estimate of drug-likeness (QED) is 0.489. The third kappa shape index (κ3) is 5.51. The number of nitrogens with zero attached hydrogens (tertiary/aromatic N) is 4. The summed E-state index contributed by atoms with van der Waals surface area (Å²) in [6.07, 6.45) is 0. The maximum Gasteiger partial charge on any atom is 0.251 e. The van der Waals surface area contributed by atoms with Crippen LogP contribution in [0.1, 0.15) is 34.8 Å². The predicted molar refractivity (Wildman–Crippen MR) is 120 cm³/mol. The van der Waals surface area contributed by atoms with Crippen molar-refractivity contribution < 1.29 is 9.59 Å². The summed E-state index contributed by atoms with van der Waals surface area (Å²) in [6, 6.07) is 4.26. The first kappa shape index (κ1) is 22.5. The molecule has 1 atom stereocenters. The number of benzene rings is 1. The third-order valence-corrected chi connectivity index (χ3v) is 6.62. The van der Waals surface area contributed by atoms with Crippen molar-refractivity contribution in [2.45, 2.75) is 25.0 Å². The highest BCUT2D eigenvalue weighted by Crippen LogP contribution is 2.24. The molecular weight excluding hydrogens is 467 g/mol. The maximum absolute atomic E-state index is 12.5. The molecule has 2 heterocycles. The second-order valence-electron chi connectivity index (χ2n) is 6.35. The summed E-state index contributed by atoms with van der Waals surface area (Å²) in [6.45, 7) is 3.66. The summed E-state index contributed by atoms with van der Waals surface area (Å²) in [4.78, 5) is 28.8. The lowest BCUT2D eigenvalue weighted by Crippen LogP contribution is -2.28. The summed E-state index contributed by atoms with van der Waals surface area (Å²) in [5.74, 6) is 0.229. The monoisotopic (exact) mass is 484 g/mol. The highest BCUT2D eigenvalue weighted by atomic mass is 35.5. The van der Waals surface area contributed by atoms with E-state index < -0.39 is 6.04 Å². The van der Waals surface area contributed by atoms with Crippen LogP contribution in [-0.2, 0) is 11.8 Å². The van der Waals surface area contributed by atoms with Gasteiger partial charge in [-0.15, -0.1) is 21.5 Å². The Hall–Kier alpha value is -2.14. The van der Waals surface area contributed by atoms with Gasteiger partial charge in [0.25, 0.3) is 5.91 Å². The minimum atomic E-state index is -0.411. The summed E-state index contributed by atoms with van der Waals surface area (Å²) in [5.41, 5.74) is 1.25. The molecule has 0 fully saturated rings. The highest BCUT2D eigenvalue weighted by Gasteiger charge is 2.19. The molecule has 2 N–H and O–H groups in total. The van der Waals surface area contributed by atoms with Gasteiger partial charge in [-0.1, -0.05) is 35.0 Å². The lowest BCUT2D eigenvalue weighted by molar-refractivity contribution is -0.113. The standard InChI is InChI=1S/C18H18Cl2N6O2S2/c1-9-7-29-17(21-9)23-14(27)8-30-18-25-24-15(26(18)3)10(2)22-16(28)11-4-5-12(19)13(20)6-11/h4-7,10H,8H2,1-3H3,(H,22,28)(H,21,23,27)/t10-/m1/s1. The Bertz CT molecular complexity index is 1080. The average molecular weight is 485 g/mol. The highest BCUT2D eigenvalue weighted by molar-refractivity contribution is 7.99. The van der Waals surface area contributed by atoms with Crippen LogP contribution in [0.15, 0.2) is 28.7 Å². The Morgan fingerprint density at radius 2 is 2.03 bits per heavy atom. The number of nitrogens with one attached hydrogen (secondary N) is 2. The zero-order valence-electron chi connectivity index (χ0n) is 16.3. The minimum Gasteiger partial charge on any atom is -0.342 e. The number of aryl methyl sites for hydroxylation is 1. The molecule has 30 heavy (non-hydrogen) atoms. The molecule has 2 aromatic heterocycles. The SMILES string of the molecule is Cc1csc(NC(=O)CSc2nnc([C@@H](C)NC(=O)c3ccc(Cl)c(Cl)c3)n2C)n1. The first-order valence-electron chi connectivity index (χ1n) is 8.74. The number of amides is 2. The predicted octanol–water partition coefficient (Wildman–Crippen LogP) is 4.11. The zero-order valence-corrected chi connectivity index (χ0v) is 19.4. The molecule has 1 aromatic carbocycles. The van der Waals surface area contributed by atoms with Crippen molar-refractivity contribution >= 4 is 63.2 Å². The summed E-state index contributed by atoms with van der Waals surface area (Å²) >= 11 is 14.5. The maximum atomic E-state index is 12.5. The van der Waals surface area contributed by atoms with Crippen molar-refractivity contribution in [1.82, 2.24) is 25.1 Å². The second kappa shape index (κ2) is 9.78. The number of hydrogen-bond donors (Lipinski definition) is 2. The van der Waals surface area contributed by atoms with Crippen molar-refractivity contribution in [3.8, 4) is 0 Å². The van der Waals surface area contributed by atoms with E-state index in [9.17, 15) is 9.59 Å². The first-order chi connectivity index (χ1) is 14.2. The smallest absolute Gasteiger partial charge is 0.251 e. The number of carbonyl (C=O) groups excluding carboxylic acids is 2. The minimum absolute atomic E-state index is 0.161. The van der Waals surface area contributed by atoms with E-state index in [0.29, 0.717) is 31.7 Å². The second-order valence-corrected chi connectivity index (χ2v) is 8.97. The molecule has 12 heteroatoms. The summed E-state index contributed by atoms with van der Waals surface area (Å²) in [7, 11) is 1.78. The molecule has 0 spiro atoms. The van der Waals surface area contributed by atoms with Gasteiger partial charge in [-0.05, 0) is 32.0 Å². The molecule has 0 saturated carbocycles. The number of thiazole rings is 1. The van der Waals surface area contributed by atoms with Gasteiger partial charge in [0.05, 0.1) is 27.5 Å². The Kier molecular flexibility index (Phi) is 7.35. The average Bonchev–Trinajstić information content (AvgIpc) is 3.27. The molecule has 2 amide bonds. The van der Waals surface area contributed by atoms with Gasteiger partial charge < -0.3 is 15.2 Å². The number of rotatable bonds is 7. The summed E-state index contributed by atoms with van der Waals surface area (Å²) in [5, 5.41) is 17.5. The molecule has 0 unspecified atom stereocenters. The van der Waals surface area contributed by atoms with Gasteiger partial charge >= 0.3 is 0 Å². The van der Waals surface area contributed by atoms with E-state index >= 15 is 0 Å². The van der Waals surface area contributed by atoms with E-state index in [1.165, 1.54) is 29.2 Å². The van der Waals surface area contributed by atoms with Crippen LogP contribution in [0.2, 0.25) is 10.0 Å². The lowest BCUT2D eigenvalue weighted by atomic mass is 10.2. The van der Waals surface area contributed by atoms with Gasteiger partial charge in [0.1, 0.15) is 0 Å².